The smallest absolute Gasteiger partial charge is 0.0470 e. The Morgan fingerprint density at radius 2 is 1.42 bits per heavy atom. The third-order valence-electron chi connectivity index (χ3n) is 4.21. The van der Waals surface area contributed by atoms with Crippen LogP contribution in [-0.2, 0) is 6.42 Å². The Hall–Kier alpha value is -0.850. The summed E-state index contributed by atoms with van der Waals surface area (Å²) in [5, 5.41) is 0. The van der Waals surface area contributed by atoms with E-state index in [0.29, 0.717) is 5.92 Å². The monoisotopic (exact) mass is 261 g/mol. The highest BCUT2D eigenvalue weighted by Crippen LogP contribution is 2.44. The number of nitrogens with zero attached hydrogens (tertiary/aromatic N) is 1. The van der Waals surface area contributed by atoms with Crippen LogP contribution in [0.1, 0.15) is 93.8 Å². The van der Waals surface area contributed by atoms with Crippen molar-refractivity contribution >= 4 is 0 Å². The maximum Gasteiger partial charge on any atom is 0.0470 e. The van der Waals surface area contributed by atoms with E-state index in [9.17, 15) is 0 Å². The molecule has 0 radical (unpaired) electrons. The average molecular weight is 261 g/mol. The van der Waals surface area contributed by atoms with Gasteiger partial charge in [-0.05, 0) is 62.1 Å². The van der Waals surface area contributed by atoms with Crippen LogP contribution in [0.3, 0.4) is 0 Å². The van der Waals surface area contributed by atoms with Gasteiger partial charge in [-0.1, -0.05) is 34.6 Å². The second-order valence-corrected chi connectivity index (χ2v) is 5.32. The van der Waals surface area contributed by atoms with Crippen LogP contribution in [0.2, 0.25) is 0 Å². The molecule has 1 saturated carbocycles. The molecule has 1 unspecified atom stereocenters. The molecule has 3 rings (SSSR count). The first-order chi connectivity index (χ1) is 9.18. The Kier molecular flexibility index (Phi) is 6.03. The summed E-state index contributed by atoms with van der Waals surface area (Å²) in [6.07, 6.45) is 5.28. The maximum absolute atomic E-state index is 4.96. The maximum atomic E-state index is 4.96. The number of rotatable bonds is 1. The fourth-order valence-electron chi connectivity index (χ4n) is 2.87. The van der Waals surface area contributed by atoms with Crippen molar-refractivity contribution in [1.29, 1.82) is 0 Å². The van der Waals surface area contributed by atoms with Gasteiger partial charge in [0, 0.05) is 17.3 Å². The van der Waals surface area contributed by atoms with E-state index in [1.165, 1.54) is 48.2 Å². The summed E-state index contributed by atoms with van der Waals surface area (Å²) in [7, 11) is 0. The topological polar surface area (TPSA) is 12.9 Å². The number of aromatic nitrogens is 1. The Balaban J connectivity index is 0.000000415. The Morgan fingerprint density at radius 3 is 1.95 bits per heavy atom. The van der Waals surface area contributed by atoms with Crippen molar-refractivity contribution in [2.24, 2.45) is 0 Å². The molecule has 1 heteroatoms. The molecule has 1 heterocycles. The van der Waals surface area contributed by atoms with Crippen molar-refractivity contribution in [3.05, 3.63) is 28.1 Å². The van der Waals surface area contributed by atoms with Gasteiger partial charge in [0.2, 0.25) is 0 Å². The average Bonchev–Trinajstić information content (AvgIpc) is 3.23. The second kappa shape index (κ2) is 7.07. The van der Waals surface area contributed by atoms with E-state index < -0.39 is 0 Å². The molecule has 0 spiro atoms. The molecule has 108 valence electrons. The van der Waals surface area contributed by atoms with E-state index in [-0.39, 0.29) is 0 Å². The van der Waals surface area contributed by atoms with Crippen molar-refractivity contribution in [3.63, 3.8) is 0 Å². The van der Waals surface area contributed by atoms with Crippen LogP contribution in [0.5, 0.6) is 0 Å². The van der Waals surface area contributed by atoms with Crippen LogP contribution in [-0.4, -0.2) is 4.98 Å². The van der Waals surface area contributed by atoms with Gasteiger partial charge in [-0.3, -0.25) is 4.98 Å². The van der Waals surface area contributed by atoms with E-state index in [2.05, 4.69) is 20.8 Å². The molecular weight excluding hydrogens is 230 g/mol. The zero-order valence-electron chi connectivity index (χ0n) is 13.9. The first kappa shape index (κ1) is 16.2. The van der Waals surface area contributed by atoms with Crippen molar-refractivity contribution in [2.75, 3.05) is 0 Å². The molecule has 1 aromatic heterocycles. The van der Waals surface area contributed by atoms with Gasteiger partial charge in [0.15, 0.2) is 0 Å². The summed E-state index contributed by atoms with van der Waals surface area (Å²) >= 11 is 0. The van der Waals surface area contributed by atoms with Crippen molar-refractivity contribution in [1.82, 2.24) is 4.98 Å². The molecule has 2 aliphatic carbocycles. The van der Waals surface area contributed by atoms with Gasteiger partial charge in [0.25, 0.3) is 0 Å². The lowest BCUT2D eigenvalue weighted by atomic mass is 9.98. The third kappa shape index (κ3) is 3.19. The quantitative estimate of drug-likeness (QED) is 0.634. The van der Waals surface area contributed by atoms with Gasteiger partial charge in [-0.2, -0.15) is 0 Å². The van der Waals surface area contributed by atoms with E-state index in [1.807, 2.05) is 27.7 Å². The van der Waals surface area contributed by atoms with E-state index in [4.69, 9.17) is 4.98 Å². The zero-order valence-corrected chi connectivity index (χ0v) is 13.9. The van der Waals surface area contributed by atoms with Crippen LogP contribution in [0.25, 0.3) is 0 Å². The molecule has 0 aromatic carbocycles. The van der Waals surface area contributed by atoms with Crippen LogP contribution in [0, 0.1) is 13.8 Å². The molecule has 0 saturated heterocycles. The van der Waals surface area contributed by atoms with Crippen molar-refractivity contribution < 1.29 is 0 Å². The fourth-order valence-corrected chi connectivity index (χ4v) is 2.87. The molecule has 0 aliphatic heterocycles. The van der Waals surface area contributed by atoms with Crippen molar-refractivity contribution in [3.8, 4) is 0 Å². The molecular formula is C18H31N. The minimum atomic E-state index is 0.691. The van der Waals surface area contributed by atoms with E-state index >= 15 is 0 Å². The molecule has 1 fully saturated rings. The number of fused-ring (bicyclic) bond motifs is 1. The third-order valence-corrected chi connectivity index (χ3v) is 4.21. The minimum absolute atomic E-state index is 0.691. The molecule has 1 atom stereocenters. The molecule has 2 aliphatic rings. The second-order valence-electron chi connectivity index (χ2n) is 5.32. The highest BCUT2D eigenvalue weighted by molar-refractivity contribution is 5.44. The summed E-state index contributed by atoms with van der Waals surface area (Å²) < 4.78 is 0. The lowest BCUT2D eigenvalue weighted by Crippen LogP contribution is -2.03. The summed E-state index contributed by atoms with van der Waals surface area (Å²) in [5.74, 6) is 1.48. The van der Waals surface area contributed by atoms with Gasteiger partial charge in [-0.25, -0.2) is 0 Å². The van der Waals surface area contributed by atoms with Crippen LogP contribution < -0.4 is 0 Å². The summed E-state index contributed by atoms with van der Waals surface area (Å²) in [6.45, 7) is 14.9. The molecule has 0 amide bonds. The Morgan fingerprint density at radius 1 is 0.842 bits per heavy atom. The molecule has 1 nitrogen and oxygen atoms in total. The number of hydrogen-bond acceptors (Lipinski definition) is 1. The van der Waals surface area contributed by atoms with Gasteiger partial charge in [0.1, 0.15) is 0 Å². The minimum Gasteiger partial charge on any atom is -0.257 e. The standard InChI is InChI=1S/C14H19N.2C2H6/c1-8-4-7-12-9(2)10(3)14(11-5-6-11)15-13(8)12;2*1-2/h8,11H,4-7H2,1-3H3;2*1-2H3. The van der Waals surface area contributed by atoms with Crippen molar-refractivity contribution in [2.45, 2.75) is 86.0 Å². The Bertz CT molecular complexity index is 415. The molecule has 19 heavy (non-hydrogen) atoms. The predicted molar refractivity (Wildman–Crippen MR) is 85.1 cm³/mol. The zero-order chi connectivity index (χ0) is 14.6. The van der Waals surface area contributed by atoms with Gasteiger partial charge in [0.05, 0.1) is 0 Å². The van der Waals surface area contributed by atoms with E-state index in [1.54, 1.807) is 5.56 Å². The predicted octanol–water partition coefficient (Wildman–Crippen LogP) is 5.68. The van der Waals surface area contributed by atoms with Gasteiger partial charge >= 0.3 is 0 Å². The first-order valence-corrected chi connectivity index (χ1v) is 8.18. The molecule has 0 bridgehead atoms. The van der Waals surface area contributed by atoms with Crippen LogP contribution in [0.15, 0.2) is 0 Å². The normalized spacial score (nSPS) is 19.8. The summed E-state index contributed by atoms with van der Waals surface area (Å²) in [4.78, 5) is 4.96. The van der Waals surface area contributed by atoms with E-state index in [0.717, 1.165) is 5.92 Å². The lowest BCUT2D eigenvalue weighted by Gasteiger charge is -2.13. The van der Waals surface area contributed by atoms with Crippen LogP contribution in [0.4, 0.5) is 0 Å². The highest BCUT2D eigenvalue weighted by Gasteiger charge is 2.31. The molecule has 0 N–H and O–H groups in total. The highest BCUT2D eigenvalue weighted by atomic mass is 14.8. The fraction of sp³-hybridized carbons (Fsp3) is 0.722. The summed E-state index contributed by atoms with van der Waals surface area (Å²) in [5.41, 5.74) is 7.40. The number of hydrogen-bond donors (Lipinski definition) is 0. The van der Waals surface area contributed by atoms with Gasteiger partial charge in [-0.15, -0.1) is 0 Å². The lowest BCUT2D eigenvalue weighted by molar-refractivity contribution is 0.726. The first-order valence-electron chi connectivity index (χ1n) is 8.18. The van der Waals surface area contributed by atoms with Crippen LogP contribution >= 0.6 is 0 Å². The Labute approximate surface area is 119 Å². The largest absolute Gasteiger partial charge is 0.257 e. The van der Waals surface area contributed by atoms with Gasteiger partial charge < -0.3 is 0 Å². The number of pyridine rings is 1. The molecule has 1 aromatic rings. The summed E-state index contributed by atoms with van der Waals surface area (Å²) in [6, 6.07) is 0. The SMILES string of the molecule is CC.CC.Cc1c(C2CC2)nc2c(c1C)CCC2C.